The minimum Gasteiger partial charge on any atom is -0.382 e. The third-order valence-electron chi connectivity index (χ3n) is 5.56. The molecule has 37 heavy (non-hydrogen) atoms. The third-order valence-corrected chi connectivity index (χ3v) is 6.94. The van der Waals surface area contributed by atoms with Crippen LogP contribution in [0.2, 0.25) is 0 Å². The highest BCUT2D eigenvalue weighted by molar-refractivity contribution is 7.70. The average molecular weight is 549 g/mol. The number of hydrogen-bond donors (Lipinski definition) is 3. The monoisotopic (exact) mass is 548 g/mol. The molecule has 0 spiro atoms. The molecule has 3 aromatic heterocycles. The maximum Gasteiger partial charge on any atom is 0.253 e. The number of ether oxygens (including phenoxy) is 2. The maximum atomic E-state index is 12.9. The first-order valence-electron chi connectivity index (χ1n) is 11.5. The normalized spacial score (nSPS) is 18.5. The lowest BCUT2D eigenvalue weighted by Gasteiger charge is -2.36. The van der Waals surface area contributed by atoms with Crippen molar-refractivity contribution in [1.29, 1.82) is 0 Å². The van der Waals surface area contributed by atoms with Gasteiger partial charge in [-0.05, 0) is 32.0 Å². The van der Waals surface area contributed by atoms with Crippen LogP contribution in [0.5, 0.6) is 0 Å². The zero-order valence-electron chi connectivity index (χ0n) is 20.5. The minimum absolute atomic E-state index is 0.0909. The number of morpholine rings is 1. The van der Waals surface area contributed by atoms with Crippen molar-refractivity contribution in [3.8, 4) is 11.4 Å². The minimum atomic E-state index is -2.89. The van der Waals surface area contributed by atoms with Crippen LogP contribution < -0.4 is 15.5 Å². The second-order valence-electron chi connectivity index (χ2n) is 8.57. The van der Waals surface area contributed by atoms with Crippen molar-refractivity contribution in [3.05, 3.63) is 47.6 Å². The zero-order valence-corrected chi connectivity index (χ0v) is 22.2. The molecular weight excluding hydrogens is 520 g/mol. The smallest absolute Gasteiger partial charge is 0.253 e. The average Bonchev–Trinajstić information content (AvgIpc) is 3.54. The van der Waals surface area contributed by atoms with Crippen LogP contribution in [0, 0.1) is 0 Å². The first-order valence-corrected chi connectivity index (χ1v) is 13.5. The summed E-state index contributed by atoms with van der Waals surface area (Å²) in [5, 5.41) is 7.40. The Morgan fingerprint density at radius 3 is 2.62 bits per heavy atom. The number of nitrogens with zero attached hydrogens (tertiary/aromatic N) is 4. The van der Waals surface area contributed by atoms with Gasteiger partial charge in [-0.25, -0.2) is 18.4 Å². The Morgan fingerprint density at radius 1 is 1.19 bits per heavy atom. The number of amides is 2. The van der Waals surface area contributed by atoms with Gasteiger partial charge in [0.2, 0.25) is 10.9 Å². The summed E-state index contributed by atoms with van der Waals surface area (Å²) in [5.41, 5.74) is 1.38. The number of rotatable bonds is 9. The molecule has 0 unspecified atom stereocenters. The number of pyridine rings is 1. The summed E-state index contributed by atoms with van der Waals surface area (Å²) in [5.74, 6) is -0.305. The molecule has 3 atom stereocenters. The fourth-order valence-corrected chi connectivity index (χ4v) is 5.06. The quantitative estimate of drug-likeness (QED) is 0.338. The van der Waals surface area contributed by atoms with Gasteiger partial charge in [0.1, 0.15) is 17.6 Å². The van der Waals surface area contributed by atoms with Gasteiger partial charge in [0.25, 0.3) is 11.8 Å². The Kier molecular flexibility index (Phi) is 8.53. The van der Waals surface area contributed by atoms with Crippen molar-refractivity contribution in [3.63, 3.8) is 0 Å². The zero-order chi connectivity index (χ0) is 26.5. The number of carbonyl (C=O) groups excluding carboxylic acids is 2. The molecule has 12 nitrogen and oxygen atoms in total. The van der Waals surface area contributed by atoms with Crippen molar-refractivity contribution in [2.75, 3.05) is 37.0 Å². The fraction of sp³-hybridized carbons (Fsp3) is 0.391. The summed E-state index contributed by atoms with van der Waals surface area (Å²) < 4.78 is 33.9. The van der Waals surface area contributed by atoms with Crippen LogP contribution >= 0.6 is 11.3 Å². The predicted molar refractivity (Wildman–Crippen MR) is 139 cm³/mol. The summed E-state index contributed by atoms with van der Waals surface area (Å²) >= 11 is 1.23. The molecule has 1 fully saturated rings. The highest BCUT2D eigenvalue weighted by Gasteiger charge is 2.25. The molecule has 198 valence electrons. The predicted octanol–water partition coefficient (Wildman–Crippen LogP) is 1.38. The number of hydrogen-bond acceptors (Lipinski definition) is 10. The van der Waals surface area contributed by atoms with E-state index in [0.717, 1.165) is 29.1 Å². The lowest BCUT2D eigenvalue weighted by molar-refractivity contribution is -0.119. The van der Waals surface area contributed by atoms with E-state index in [0.29, 0.717) is 16.5 Å². The van der Waals surface area contributed by atoms with Gasteiger partial charge in [0.15, 0.2) is 5.13 Å². The number of thiol groups is 1. The second kappa shape index (κ2) is 11.8. The fourth-order valence-electron chi connectivity index (χ4n) is 3.96. The number of methoxy groups -OCH3 is 1. The first-order chi connectivity index (χ1) is 17.7. The molecule has 0 radical (unpaired) electrons. The molecule has 1 aliphatic rings. The summed E-state index contributed by atoms with van der Waals surface area (Å²) in [6.07, 6.45) is 2.61. The van der Waals surface area contributed by atoms with Crippen molar-refractivity contribution in [2.24, 2.45) is 0 Å². The van der Waals surface area contributed by atoms with Crippen LogP contribution in [-0.4, -0.2) is 79.2 Å². The molecule has 3 aromatic rings. The molecule has 4 heterocycles. The van der Waals surface area contributed by atoms with Gasteiger partial charge in [-0.15, -0.1) is 11.3 Å². The van der Waals surface area contributed by atoms with Crippen molar-refractivity contribution >= 4 is 45.0 Å². The van der Waals surface area contributed by atoms with Crippen LogP contribution in [0.1, 0.15) is 24.2 Å². The number of nitrogens with one attached hydrogen (secondary N) is 2. The molecule has 0 bridgehead atoms. The Bertz CT molecular complexity index is 1320. The van der Waals surface area contributed by atoms with Gasteiger partial charge in [0.05, 0.1) is 30.1 Å². The highest BCUT2D eigenvalue weighted by atomic mass is 32.2. The van der Waals surface area contributed by atoms with Crippen LogP contribution in [0.3, 0.4) is 0 Å². The van der Waals surface area contributed by atoms with E-state index in [4.69, 9.17) is 14.5 Å². The summed E-state index contributed by atoms with van der Waals surface area (Å²) in [4.78, 5) is 36.8. The van der Waals surface area contributed by atoms with Crippen molar-refractivity contribution < 1.29 is 27.5 Å². The summed E-state index contributed by atoms with van der Waals surface area (Å²) in [6, 6.07) is 6.04. The van der Waals surface area contributed by atoms with E-state index >= 15 is 0 Å². The van der Waals surface area contributed by atoms with E-state index in [1.165, 1.54) is 30.7 Å². The molecule has 14 heteroatoms. The standard InChI is InChI=1S/C23H28N6O6S2/c1-14-9-28(10-15(2)35-14)20-6-4-5-17(24-20)19-13-36-23(26-19)27-22(31)18(12-34-3)25-21(30)16-7-8-29(11-16)37(32)33/h4-8,11,13-15,18,37H,9-10,12H2,1-3H3,(H,25,30)(H,26,27,31)/t14-,15+,18-/m1/s1. The highest BCUT2D eigenvalue weighted by Crippen LogP contribution is 2.26. The Morgan fingerprint density at radius 2 is 1.95 bits per heavy atom. The van der Waals surface area contributed by atoms with E-state index in [1.54, 1.807) is 5.38 Å². The van der Waals surface area contributed by atoms with Gasteiger partial charge >= 0.3 is 0 Å². The molecule has 1 saturated heterocycles. The third kappa shape index (κ3) is 6.71. The molecule has 0 aromatic carbocycles. The van der Waals surface area contributed by atoms with E-state index in [1.807, 2.05) is 32.0 Å². The molecule has 0 aliphatic carbocycles. The van der Waals surface area contributed by atoms with Gasteiger partial charge in [0, 0.05) is 38.0 Å². The van der Waals surface area contributed by atoms with E-state index in [-0.39, 0.29) is 24.4 Å². The topological polar surface area (TPSA) is 145 Å². The largest absolute Gasteiger partial charge is 0.382 e. The SMILES string of the molecule is COC[C@@H](NC(=O)c1ccn([SH](=O)=O)c1)C(=O)Nc1nc(-c2cccc(N3C[C@@H](C)O[C@@H](C)C3)n2)cs1. The van der Waals surface area contributed by atoms with E-state index < -0.39 is 28.7 Å². The second-order valence-corrected chi connectivity index (χ2v) is 10.4. The van der Waals surface area contributed by atoms with Crippen LogP contribution in [-0.2, 0) is 25.2 Å². The Hall–Kier alpha value is -3.33. The van der Waals surface area contributed by atoms with Crippen LogP contribution in [0.25, 0.3) is 11.4 Å². The lowest BCUT2D eigenvalue weighted by atomic mass is 10.2. The van der Waals surface area contributed by atoms with Gasteiger partial charge in [-0.3, -0.25) is 13.6 Å². The van der Waals surface area contributed by atoms with Crippen molar-refractivity contribution in [1.82, 2.24) is 19.3 Å². The number of anilines is 2. The molecule has 2 N–H and O–H groups in total. The summed E-state index contributed by atoms with van der Waals surface area (Å²) in [7, 11) is -1.48. The number of aromatic nitrogens is 3. The molecular formula is C23H28N6O6S2. The molecule has 1 aliphatic heterocycles. The molecule has 4 rings (SSSR count). The first kappa shape index (κ1) is 26.7. The van der Waals surface area contributed by atoms with E-state index in [9.17, 15) is 18.0 Å². The Labute approximate surface area is 219 Å². The van der Waals surface area contributed by atoms with E-state index in [2.05, 4.69) is 20.5 Å². The maximum absolute atomic E-state index is 12.9. The Balaban J connectivity index is 1.43. The summed E-state index contributed by atoms with van der Waals surface area (Å²) in [6.45, 7) is 5.46. The molecule has 2 amide bonds. The van der Waals surface area contributed by atoms with Crippen LogP contribution in [0.4, 0.5) is 10.9 Å². The lowest BCUT2D eigenvalue weighted by Crippen LogP contribution is -2.46. The van der Waals surface area contributed by atoms with Crippen LogP contribution in [0.15, 0.2) is 42.0 Å². The van der Waals surface area contributed by atoms with Gasteiger partial charge in [-0.1, -0.05) is 6.07 Å². The number of carbonyl (C=O) groups is 2. The van der Waals surface area contributed by atoms with Gasteiger partial charge in [-0.2, -0.15) is 0 Å². The molecule has 0 saturated carbocycles. The van der Waals surface area contributed by atoms with Gasteiger partial charge < -0.3 is 25.0 Å². The number of thiazole rings is 1. The van der Waals surface area contributed by atoms with Crippen molar-refractivity contribution in [2.45, 2.75) is 32.1 Å².